The van der Waals surface area contributed by atoms with Gasteiger partial charge in [0.25, 0.3) is 0 Å². The van der Waals surface area contributed by atoms with Gasteiger partial charge in [-0.2, -0.15) is 0 Å². The number of ether oxygens (including phenoxy) is 1. The fourth-order valence-electron chi connectivity index (χ4n) is 2.94. The van der Waals surface area contributed by atoms with Crippen LogP contribution in [0.2, 0.25) is 5.02 Å². The monoisotopic (exact) mass is 267 g/mol. The summed E-state index contributed by atoms with van der Waals surface area (Å²) < 4.78 is 5.39. The third-order valence-electron chi connectivity index (χ3n) is 4.03. The molecule has 0 bridgehead atoms. The Morgan fingerprint density at radius 1 is 1.22 bits per heavy atom. The van der Waals surface area contributed by atoms with Gasteiger partial charge in [0.15, 0.2) is 0 Å². The normalized spacial score (nSPS) is 27.9. The summed E-state index contributed by atoms with van der Waals surface area (Å²) in [5, 5.41) is 4.38. The fourth-order valence-corrected chi connectivity index (χ4v) is 3.11. The molecule has 2 atom stereocenters. The molecule has 1 aromatic carbocycles. The third kappa shape index (κ3) is 2.92. The van der Waals surface area contributed by atoms with Gasteiger partial charge in [0.05, 0.1) is 12.8 Å². The Hall–Kier alpha value is -0.890. The molecule has 0 saturated heterocycles. The molecular formula is C15H22ClNO. The molecule has 0 aromatic heterocycles. The van der Waals surface area contributed by atoms with Crippen LogP contribution in [0.3, 0.4) is 0 Å². The third-order valence-corrected chi connectivity index (χ3v) is 4.26. The summed E-state index contributed by atoms with van der Waals surface area (Å²) in [7, 11) is 1.70. The van der Waals surface area contributed by atoms with Crippen LogP contribution < -0.4 is 10.1 Å². The molecule has 1 aromatic rings. The number of anilines is 1. The van der Waals surface area contributed by atoms with Crippen molar-refractivity contribution >= 4 is 17.3 Å². The standard InChI is InChI=1S/C15H22ClNO/c1-10-5-4-6-11(2)15(10)17-13-9-12(16)7-8-14(13)18-3/h7-11,15,17H,4-6H2,1-3H3. The average molecular weight is 268 g/mol. The van der Waals surface area contributed by atoms with E-state index in [2.05, 4.69) is 19.2 Å². The van der Waals surface area contributed by atoms with Gasteiger partial charge in [0.2, 0.25) is 0 Å². The first-order chi connectivity index (χ1) is 8.61. The molecule has 1 saturated carbocycles. The van der Waals surface area contributed by atoms with E-state index in [4.69, 9.17) is 16.3 Å². The van der Waals surface area contributed by atoms with Gasteiger partial charge >= 0.3 is 0 Å². The van der Waals surface area contributed by atoms with Crippen molar-refractivity contribution in [3.05, 3.63) is 23.2 Å². The van der Waals surface area contributed by atoms with Gasteiger partial charge < -0.3 is 10.1 Å². The molecule has 18 heavy (non-hydrogen) atoms. The molecule has 2 rings (SSSR count). The molecule has 1 aliphatic rings. The van der Waals surface area contributed by atoms with Crippen molar-refractivity contribution in [1.82, 2.24) is 0 Å². The quantitative estimate of drug-likeness (QED) is 0.865. The molecule has 1 fully saturated rings. The zero-order chi connectivity index (χ0) is 13.1. The maximum Gasteiger partial charge on any atom is 0.142 e. The molecule has 0 heterocycles. The highest BCUT2D eigenvalue weighted by Crippen LogP contribution is 2.35. The Balaban J connectivity index is 2.19. The Kier molecular flexibility index (Phi) is 4.39. The number of hydrogen-bond acceptors (Lipinski definition) is 2. The van der Waals surface area contributed by atoms with Crippen LogP contribution in [-0.4, -0.2) is 13.2 Å². The highest BCUT2D eigenvalue weighted by molar-refractivity contribution is 6.30. The predicted octanol–water partition coefficient (Wildman–Crippen LogP) is 4.59. The smallest absolute Gasteiger partial charge is 0.142 e. The number of methoxy groups -OCH3 is 1. The van der Waals surface area contributed by atoms with Crippen LogP contribution in [0.4, 0.5) is 5.69 Å². The predicted molar refractivity (Wildman–Crippen MR) is 77.6 cm³/mol. The van der Waals surface area contributed by atoms with Crippen molar-refractivity contribution in [1.29, 1.82) is 0 Å². The highest BCUT2D eigenvalue weighted by Gasteiger charge is 2.28. The lowest BCUT2D eigenvalue weighted by atomic mass is 9.78. The van der Waals surface area contributed by atoms with E-state index in [1.807, 2.05) is 18.2 Å². The van der Waals surface area contributed by atoms with E-state index in [1.54, 1.807) is 7.11 Å². The molecule has 0 spiro atoms. The zero-order valence-corrected chi connectivity index (χ0v) is 12.1. The SMILES string of the molecule is COc1ccc(Cl)cc1NC1C(C)CCCC1C. The van der Waals surface area contributed by atoms with Gasteiger partial charge in [-0.15, -0.1) is 0 Å². The minimum Gasteiger partial charge on any atom is -0.495 e. The minimum atomic E-state index is 0.506. The van der Waals surface area contributed by atoms with Crippen LogP contribution in [-0.2, 0) is 0 Å². The molecule has 1 aliphatic carbocycles. The lowest BCUT2D eigenvalue weighted by Crippen LogP contribution is -2.37. The van der Waals surface area contributed by atoms with E-state index in [9.17, 15) is 0 Å². The van der Waals surface area contributed by atoms with Crippen LogP contribution in [0.1, 0.15) is 33.1 Å². The van der Waals surface area contributed by atoms with Crippen LogP contribution in [0.25, 0.3) is 0 Å². The van der Waals surface area contributed by atoms with E-state index in [0.29, 0.717) is 17.9 Å². The van der Waals surface area contributed by atoms with Gasteiger partial charge in [-0.1, -0.05) is 31.9 Å². The van der Waals surface area contributed by atoms with Crippen LogP contribution in [0.5, 0.6) is 5.75 Å². The lowest BCUT2D eigenvalue weighted by Gasteiger charge is -2.36. The molecule has 2 nitrogen and oxygen atoms in total. The number of rotatable bonds is 3. The molecular weight excluding hydrogens is 246 g/mol. The second-order valence-electron chi connectivity index (χ2n) is 5.40. The van der Waals surface area contributed by atoms with Crippen molar-refractivity contribution in [3.63, 3.8) is 0 Å². The molecule has 3 heteroatoms. The molecule has 0 amide bonds. The molecule has 0 aliphatic heterocycles. The maximum atomic E-state index is 6.07. The lowest BCUT2D eigenvalue weighted by molar-refractivity contribution is 0.267. The van der Waals surface area contributed by atoms with Gasteiger partial charge in [-0.3, -0.25) is 0 Å². The minimum absolute atomic E-state index is 0.506. The summed E-state index contributed by atoms with van der Waals surface area (Å²) in [6.45, 7) is 4.65. The Bertz CT molecular complexity index is 397. The first-order valence-corrected chi connectivity index (χ1v) is 7.09. The topological polar surface area (TPSA) is 21.3 Å². The molecule has 1 N–H and O–H groups in total. The van der Waals surface area contributed by atoms with Crippen molar-refractivity contribution in [3.8, 4) is 5.75 Å². The van der Waals surface area contributed by atoms with E-state index in [-0.39, 0.29) is 0 Å². The first kappa shape index (κ1) is 13.5. The Labute approximate surface area is 115 Å². The molecule has 0 radical (unpaired) electrons. The van der Waals surface area contributed by atoms with Crippen molar-refractivity contribution in [2.45, 2.75) is 39.2 Å². The van der Waals surface area contributed by atoms with Crippen molar-refractivity contribution in [2.24, 2.45) is 11.8 Å². The largest absolute Gasteiger partial charge is 0.495 e. The fraction of sp³-hybridized carbons (Fsp3) is 0.600. The van der Waals surface area contributed by atoms with Crippen LogP contribution in [0, 0.1) is 11.8 Å². The van der Waals surface area contributed by atoms with Crippen LogP contribution >= 0.6 is 11.6 Å². The van der Waals surface area contributed by atoms with Gasteiger partial charge in [-0.25, -0.2) is 0 Å². The number of benzene rings is 1. The first-order valence-electron chi connectivity index (χ1n) is 6.72. The maximum absolute atomic E-state index is 6.07. The average Bonchev–Trinajstić information content (AvgIpc) is 2.34. The van der Waals surface area contributed by atoms with Crippen molar-refractivity contribution < 1.29 is 4.74 Å². The number of hydrogen-bond donors (Lipinski definition) is 1. The van der Waals surface area contributed by atoms with E-state index in [1.165, 1.54) is 19.3 Å². The molecule has 2 unspecified atom stereocenters. The van der Waals surface area contributed by atoms with Gasteiger partial charge in [0, 0.05) is 11.1 Å². The second kappa shape index (κ2) is 5.83. The summed E-state index contributed by atoms with van der Waals surface area (Å²) >= 11 is 6.07. The summed E-state index contributed by atoms with van der Waals surface area (Å²) in [5.41, 5.74) is 1.01. The summed E-state index contributed by atoms with van der Waals surface area (Å²) in [6.07, 6.45) is 3.93. The summed E-state index contributed by atoms with van der Waals surface area (Å²) in [4.78, 5) is 0. The Morgan fingerprint density at radius 2 is 1.89 bits per heavy atom. The zero-order valence-electron chi connectivity index (χ0n) is 11.4. The number of nitrogens with one attached hydrogen (secondary N) is 1. The second-order valence-corrected chi connectivity index (χ2v) is 5.84. The van der Waals surface area contributed by atoms with Gasteiger partial charge in [0.1, 0.15) is 5.75 Å². The van der Waals surface area contributed by atoms with E-state index < -0.39 is 0 Å². The number of halogens is 1. The van der Waals surface area contributed by atoms with Crippen LogP contribution in [0.15, 0.2) is 18.2 Å². The van der Waals surface area contributed by atoms with Crippen molar-refractivity contribution in [2.75, 3.05) is 12.4 Å². The summed E-state index contributed by atoms with van der Waals surface area (Å²) in [5.74, 6) is 2.25. The highest BCUT2D eigenvalue weighted by atomic mass is 35.5. The van der Waals surface area contributed by atoms with Gasteiger partial charge in [-0.05, 0) is 42.9 Å². The summed E-state index contributed by atoms with van der Waals surface area (Å²) in [6, 6.07) is 6.24. The Morgan fingerprint density at radius 3 is 2.50 bits per heavy atom. The van der Waals surface area contributed by atoms with E-state index in [0.717, 1.165) is 16.5 Å². The molecule has 100 valence electrons. The van der Waals surface area contributed by atoms with E-state index >= 15 is 0 Å².